The Hall–Kier alpha value is -1.22. The van der Waals surface area contributed by atoms with Gasteiger partial charge in [-0.15, -0.1) is 24.0 Å². The van der Waals surface area contributed by atoms with Crippen LogP contribution in [0.3, 0.4) is 0 Å². The smallest absolute Gasteiger partial charge is 0.191 e. The average molecular weight is 504 g/mol. The zero-order valence-electron chi connectivity index (χ0n) is 17.7. The first kappa shape index (κ1) is 24.8. The van der Waals surface area contributed by atoms with Gasteiger partial charge in [-0.1, -0.05) is 19.1 Å². The number of hydrogen-bond donors (Lipinski definition) is 2. The van der Waals surface area contributed by atoms with E-state index in [9.17, 15) is 0 Å². The van der Waals surface area contributed by atoms with Gasteiger partial charge < -0.3 is 25.0 Å². The number of rotatable bonds is 9. The summed E-state index contributed by atoms with van der Waals surface area (Å²) < 4.78 is 11.3. The third-order valence-electron chi connectivity index (χ3n) is 4.86. The van der Waals surface area contributed by atoms with E-state index in [0.717, 1.165) is 42.9 Å². The number of hydrogen-bond acceptors (Lipinski definition) is 4. The summed E-state index contributed by atoms with van der Waals surface area (Å²) in [6.07, 6.45) is 3.83. The van der Waals surface area contributed by atoms with E-state index in [1.54, 1.807) is 14.2 Å². The molecule has 0 aromatic heterocycles. The first-order valence-electron chi connectivity index (χ1n) is 10.1. The minimum absolute atomic E-state index is 0. The van der Waals surface area contributed by atoms with Crippen molar-refractivity contribution in [2.45, 2.75) is 39.2 Å². The molecule has 1 saturated heterocycles. The fourth-order valence-corrected chi connectivity index (χ4v) is 3.43. The number of nitrogens with one attached hydrogen (secondary N) is 2. The Balaban J connectivity index is 0.00000392. The normalized spacial score (nSPS) is 18.7. The number of halogens is 1. The predicted molar refractivity (Wildman–Crippen MR) is 127 cm³/mol. The molecular formula is C21H37IN4O2. The molecule has 0 bridgehead atoms. The Bertz CT molecular complexity index is 585. The van der Waals surface area contributed by atoms with Crippen LogP contribution in [0.1, 0.15) is 33.1 Å². The standard InChI is InChI=1S/C21H36N4O2.HI/c1-17-9-7-13-25(16-17)14-8-12-23-21(22-3)24-15-18(2)27-20-11-6-5-10-19(20)26-4;/h5-6,10-11,17-18H,7-9,12-16H2,1-4H3,(H2,22,23,24);1H. The maximum atomic E-state index is 5.97. The molecule has 1 aromatic rings. The van der Waals surface area contributed by atoms with Gasteiger partial charge >= 0.3 is 0 Å². The zero-order chi connectivity index (χ0) is 19.5. The fourth-order valence-electron chi connectivity index (χ4n) is 3.43. The molecule has 0 amide bonds. The van der Waals surface area contributed by atoms with E-state index in [-0.39, 0.29) is 30.1 Å². The van der Waals surface area contributed by atoms with Gasteiger partial charge in [0.15, 0.2) is 17.5 Å². The van der Waals surface area contributed by atoms with E-state index in [4.69, 9.17) is 9.47 Å². The second kappa shape index (κ2) is 13.9. The summed E-state index contributed by atoms with van der Waals surface area (Å²) >= 11 is 0. The number of methoxy groups -OCH3 is 1. The molecule has 0 spiro atoms. The minimum atomic E-state index is -0.00492. The maximum Gasteiger partial charge on any atom is 0.191 e. The summed E-state index contributed by atoms with van der Waals surface area (Å²) in [5.74, 6) is 3.16. The lowest BCUT2D eigenvalue weighted by molar-refractivity contribution is 0.182. The number of piperidine rings is 1. The van der Waals surface area contributed by atoms with Crippen LogP contribution < -0.4 is 20.1 Å². The van der Waals surface area contributed by atoms with Crippen molar-refractivity contribution in [1.29, 1.82) is 0 Å². The van der Waals surface area contributed by atoms with Gasteiger partial charge in [-0.05, 0) is 57.3 Å². The van der Waals surface area contributed by atoms with Gasteiger partial charge in [-0.2, -0.15) is 0 Å². The molecule has 7 heteroatoms. The third kappa shape index (κ3) is 8.86. The molecule has 0 radical (unpaired) electrons. The lowest BCUT2D eigenvalue weighted by Crippen LogP contribution is -2.43. The number of aliphatic imine (C=N–C) groups is 1. The van der Waals surface area contributed by atoms with Crippen LogP contribution in [0.2, 0.25) is 0 Å². The highest BCUT2D eigenvalue weighted by molar-refractivity contribution is 14.0. The summed E-state index contributed by atoms with van der Waals surface area (Å²) in [7, 11) is 3.45. The van der Waals surface area contributed by atoms with Crippen LogP contribution >= 0.6 is 24.0 Å². The maximum absolute atomic E-state index is 5.97. The van der Waals surface area contributed by atoms with E-state index in [1.165, 1.54) is 25.9 Å². The molecule has 2 rings (SSSR count). The summed E-state index contributed by atoms with van der Waals surface area (Å²) in [5.41, 5.74) is 0. The molecule has 1 aliphatic heterocycles. The van der Waals surface area contributed by atoms with Crippen molar-refractivity contribution in [3.63, 3.8) is 0 Å². The summed E-state index contributed by atoms with van der Waals surface area (Å²) in [6, 6.07) is 7.70. The lowest BCUT2D eigenvalue weighted by atomic mass is 10.0. The quantitative estimate of drug-likeness (QED) is 0.234. The van der Waals surface area contributed by atoms with Gasteiger partial charge in [-0.3, -0.25) is 4.99 Å². The average Bonchev–Trinajstić information content (AvgIpc) is 2.68. The van der Waals surface area contributed by atoms with Crippen molar-refractivity contribution in [3.8, 4) is 11.5 Å². The molecule has 1 fully saturated rings. The topological polar surface area (TPSA) is 58.1 Å². The molecular weight excluding hydrogens is 467 g/mol. The zero-order valence-corrected chi connectivity index (χ0v) is 20.1. The van der Waals surface area contributed by atoms with Crippen molar-refractivity contribution in [3.05, 3.63) is 24.3 Å². The molecule has 1 heterocycles. The SMILES string of the molecule is CN=C(NCCCN1CCCC(C)C1)NCC(C)Oc1ccccc1OC.I. The van der Waals surface area contributed by atoms with Crippen molar-refractivity contribution in [2.24, 2.45) is 10.9 Å². The molecule has 2 unspecified atom stereocenters. The number of para-hydroxylation sites is 2. The monoisotopic (exact) mass is 504 g/mol. The van der Waals surface area contributed by atoms with E-state index in [1.807, 2.05) is 31.2 Å². The molecule has 0 aliphatic carbocycles. The third-order valence-corrected chi connectivity index (χ3v) is 4.86. The number of guanidine groups is 1. The van der Waals surface area contributed by atoms with Gasteiger partial charge in [0.25, 0.3) is 0 Å². The first-order chi connectivity index (χ1) is 13.1. The van der Waals surface area contributed by atoms with Gasteiger partial charge in [0.1, 0.15) is 6.10 Å². The second-order valence-corrected chi connectivity index (χ2v) is 7.36. The number of ether oxygens (including phenoxy) is 2. The summed E-state index contributed by atoms with van der Waals surface area (Å²) in [6.45, 7) is 9.61. The Morgan fingerprint density at radius 3 is 2.71 bits per heavy atom. The lowest BCUT2D eigenvalue weighted by Gasteiger charge is -2.30. The molecule has 160 valence electrons. The van der Waals surface area contributed by atoms with Crippen LogP contribution in [0.4, 0.5) is 0 Å². The number of nitrogens with zero attached hydrogens (tertiary/aromatic N) is 2. The molecule has 1 aromatic carbocycles. The van der Waals surface area contributed by atoms with Crippen LogP contribution in [-0.2, 0) is 0 Å². The summed E-state index contributed by atoms with van der Waals surface area (Å²) in [4.78, 5) is 6.88. The van der Waals surface area contributed by atoms with Crippen molar-refractivity contribution in [2.75, 3.05) is 46.9 Å². The molecule has 1 aliphatic rings. The Morgan fingerprint density at radius 2 is 2.04 bits per heavy atom. The van der Waals surface area contributed by atoms with E-state index >= 15 is 0 Å². The number of likely N-dealkylation sites (tertiary alicyclic amines) is 1. The fraction of sp³-hybridized carbons (Fsp3) is 0.667. The molecule has 6 nitrogen and oxygen atoms in total. The molecule has 2 atom stereocenters. The highest BCUT2D eigenvalue weighted by atomic mass is 127. The second-order valence-electron chi connectivity index (χ2n) is 7.36. The van der Waals surface area contributed by atoms with E-state index in [2.05, 4.69) is 27.4 Å². The first-order valence-corrected chi connectivity index (χ1v) is 10.1. The van der Waals surface area contributed by atoms with Gasteiger partial charge in [0.05, 0.1) is 13.7 Å². The van der Waals surface area contributed by atoms with Crippen LogP contribution in [0, 0.1) is 5.92 Å². The molecule has 28 heavy (non-hydrogen) atoms. The van der Waals surface area contributed by atoms with Crippen LogP contribution in [0.5, 0.6) is 11.5 Å². The van der Waals surface area contributed by atoms with E-state index in [0.29, 0.717) is 6.54 Å². The van der Waals surface area contributed by atoms with Crippen molar-refractivity contribution >= 4 is 29.9 Å². The van der Waals surface area contributed by atoms with Crippen molar-refractivity contribution in [1.82, 2.24) is 15.5 Å². The van der Waals surface area contributed by atoms with Gasteiger partial charge in [-0.25, -0.2) is 0 Å². The predicted octanol–water partition coefficient (Wildman–Crippen LogP) is 3.37. The van der Waals surface area contributed by atoms with Crippen LogP contribution in [-0.4, -0.2) is 63.8 Å². The Labute approximate surface area is 187 Å². The largest absolute Gasteiger partial charge is 0.493 e. The number of benzene rings is 1. The highest BCUT2D eigenvalue weighted by Crippen LogP contribution is 2.26. The van der Waals surface area contributed by atoms with Crippen molar-refractivity contribution < 1.29 is 9.47 Å². The Kier molecular flexibility index (Phi) is 12.3. The van der Waals surface area contributed by atoms with Crippen LogP contribution in [0.25, 0.3) is 0 Å². The van der Waals surface area contributed by atoms with Crippen LogP contribution in [0.15, 0.2) is 29.3 Å². The Morgan fingerprint density at radius 1 is 1.29 bits per heavy atom. The molecule has 0 saturated carbocycles. The molecule has 2 N–H and O–H groups in total. The summed E-state index contributed by atoms with van der Waals surface area (Å²) in [5, 5.41) is 6.73. The van der Waals surface area contributed by atoms with E-state index < -0.39 is 0 Å². The highest BCUT2D eigenvalue weighted by Gasteiger charge is 2.15. The van der Waals surface area contributed by atoms with Gasteiger partial charge in [0, 0.05) is 20.1 Å². The minimum Gasteiger partial charge on any atom is -0.493 e. The van der Waals surface area contributed by atoms with Gasteiger partial charge in [0.2, 0.25) is 0 Å².